The van der Waals surface area contributed by atoms with Crippen molar-refractivity contribution in [3.8, 4) is 5.75 Å². The molecule has 1 atom stereocenters. The van der Waals surface area contributed by atoms with Crippen LogP contribution in [0.15, 0.2) is 53.4 Å². The molecule has 2 aromatic carbocycles. The highest BCUT2D eigenvalue weighted by molar-refractivity contribution is 7.89. The highest BCUT2D eigenvalue weighted by atomic mass is 35.5. The molecule has 0 heterocycles. The first-order valence-electron chi connectivity index (χ1n) is 6.93. The van der Waals surface area contributed by atoms with E-state index in [-0.39, 0.29) is 10.9 Å². The van der Waals surface area contributed by atoms with E-state index in [2.05, 4.69) is 4.72 Å². The van der Waals surface area contributed by atoms with Crippen LogP contribution in [0, 0.1) is 0 Å². The van der Waals surface area contributed by atoms with Gasteiger partial charge in [-0.15, -0.1) is 0 Å². The molecule has 1 N–H and O–H groups in total. The molecule has 0 aliphatic rings. The van der Waals surface area contributed by atoms with Crippen molar-refractivity contribution in [1.82, 2.24) is 4.72 Å². The van der Waals surface area contributed by atoms with Crippen molar-refractivity contribution >= 4 is 21.6 Å². The van der Waals surface area contributed by atoms with E-state index in [1.54, 1.807) is 37.3 Å². The van der Waals surface area contributed by atoms with Crippen LogP contribution in [0.5, 0.6) is 5.75 Å². The molecule has 0 spiro atoms. The Hall–Kier alpha value is -1.56. The minimum atomic E-state index is -3.60. The lowest BCUT2D eigenvalue weighted by Crippen LogP contribution is -2.26. The Kier molecular flexibility index (Phi) is 5.45. The summed E-state index contributed by atoms with van der Waals surface area (Å²) in [5, 5.41) is 0.574. The average Bonchev–Trinajstić information content (AvgIpc) is 2.48. The van der Waals surface area contributed by atoms with E-state index in [1.165, 1.54) is 12.1 Å². The summed E-state index contributed by atoms with van der Waals surface area (Å²) in [4.78, 5) is 0.199. The second-order valence-electron chi connectivity index (χ2n) is 4.80. The van der Waals surface area contributed by atoms with E-state index < -0.39 is 10.0 Å². The number of ether oxygens (including phenoxy) is 1. The molecular formula is C16H18ClNO3S. The predicted octanol–water partition coefficient (Wildman–Crippen LogP) is 3.78. The molecule has 0 aliphatic heterocycles. The fourth-order valence-electron chi connectivity index (χ4n) is 2.03. The van der Waals surface area contributed by atoms with Crippen LogP contribution in [0.3, 0.4) is 0 Å². The number of rotatable bonds is 6. The zero-order chi connectivity index (χ0) is 16.2. The van der Waals surface area contributed by atoms with Crippen LogP contribution >= 0.6 is 11.6 Å². The van der Waals surface area contributed by atoms with Gasteiger partial charge in [-0.25, -0.2) is 13.1 Å². The maximum absolute atomic E-state index is 12.4. The minimum absolute atomic E-state index is 0.199. The second kappa shape index (κ2) is 7.13. The Morgan fingerprint density at radius 1 is 1.18 bits per heavy atom. The summed E-state index contributed by atoms with van der Waals surface area (Å²) in [6, 6.07) is 13.1. The Morgan fingerprint density at radius 2 is 1.86 bits per heavy atom. The Morgan fingerprint density at radius 3 is 2.45 bits per heavy atom. The lowest BCUT2D eigenvalue weighted by Gasteiger charge is -2.15. The van der Waals surface area contributed by atoms with Crippen molar-refractivity contribution in [1.29, 1.82) is 0 Å². The molecule has 2 aromatic rings. The van der Waals surface area contributed by atoms with Crippen LogP contribution in [-0.2, 0) is 10.0 Å². The largest absolute Gasteiger partial charge is 0.494 e. The average molecular weight is 340 g/mol. The van der Waals surface area contributed by atoms with E-state index in [0.717, 1.165) is 5.56 Å². The normalized spacial score (nSPS) is 12.9. The fraction of sp³-hybridized carbons (Fsp3) is 0.250. The van der Waals surface area contributed by atoms with E-state index in [0.29, 0.717) is 17.4 Å². The first-order chi connectivity index (χ1) is 10.4. The third-order valence-corrected chi connectivity index (χ3v) is 4.92. The molecule has 22 heavy (non-hydrogen) atoms. The summed E-state index contributed by atoms with van der Waals surface area (Å²) >= 11 is 5.93. The van der Waals surface area contributed by atoms with E-state index in [9.17, 15) is 8.42 Å². The zero-order valence-corrected chi connectivity index (χ0v) is 14.0. The molecule has 0 bridgehead atoms. The third kappa shape index (κ3) is 4.22. The van der Waals surface area contributed by atoms with Gasteiger partial charge in [0.1, 0.15) is 5.75 Å². The topological polar surface area (TPSA) is 55.4 Å². The molecule has 6 heteroatoms. The molecule has 0 aliphatic carbocycles. The molecule has 0 fully saturated rings. The molecule has 0 amide bonds. The summed E-state index contributed by atoms with van der Waals surface area (Å²) in [6.45, 7) is 4.19. The van der Waals surface area contributed by atoms with Gasteiger partial charge in [0.15, 0.2) is 0 Å². The number of nitrogens with one attached hydrogen (secondary N) is 1. The molecular weight excluding hydrogens is 322 g/mol. The predicted molar refractivity (Wildman–Crippen MR) is 87.8 cm³/mol. The van der Waals surface area contributed by atoms with Crippen LogP contribution < -0.4 is 9.46 Å². The number of sulfonamides is 1. The minimum Gasteiger partial charge on any atom is -0.494 e. The van der Waals surface area contributed by atoms with Gasteiger partial charge in [0.2, 0.25) is 10.0 Å². The van der Waals surface area contributed by atoms with Gasteiger partial charge in [0.05, 0.1) is 11.5 Å². The molecule has 0 saturated heterocycles. The van der Waals surface area contributed by atoms with Gasteiger partial charge < -0.3 is 4.74 Å². The van der Waals surface area contributed by atoms with E-state index in [4.69, 9.17) is 16.3 Å². The van der Waals surface area contributed by atoms with Crippen molar-refractivity contribution in [2.75, 3.05) is 6.61 Å². The highest BCUT2D eigenvalue weighted by Gasteiger charge is 2.18. The van der Waals surface area contributed by atoms with Crippen molar-refractivity contribution in [3.63, 3.8) is 0 Å². The summed E-state index contributed by atoms with van der Waals surface area (Å²) in [6.07, 6.45) is 0. The van der Waals surface area contributed by atoms with Gasteiger partial charge >= 0.3 is 0 Å². The second-order valence-corrected chi connectivity index (χ2v) is 6.95. The Balaban J connectivity index is 2.16. The smallest absolute Gasteiger partial charge is 0.241 e. The standard InChI is InChI=1S/C16H18ClNO3S/c1-3-21-15-7-9-16(10-8-15)22(19,20)18-12(2)13-5-4-6-14(17)11-13/h4-12,18H,3H2,1-2H3/t12-/m0/s1. The van der Waals surface area contributed by atoms with Crippen LogP contribution in [0.1, 0.15) is 25.5 Å². The number of benzene rings is 2. The van der Waals surface area contributed by atoms with Crippen molar-refractivity contribution in [2.24, 2.45) is 0 Å². The highest BCUT2D eigenvalue weighted by Crippen LogP contribution is 2.21. The van der Waals surface area contributed by atoms with Gasteiger partial charge in [-0.1, -0.05) is 23.7 Å². The first kappa shape index (κ1) is 16.8. The maximum Gasteiger partial charge on any atom is 0.241 e. The Bertz CT molecular complexity index is 729. The zero-order valence-electron chi connectivity index (χ0n) is 12.4. The van der Waals surface area contributed by atoms with E-state index in [1.807, 2.05) is 13.0 Å². The summed E-state index contributed by atoms with van der Waals surface area (Å²) in [5.74, 6) is 0.643. The van der Waals surface area contributed by atoms with Crippen LogP contribution in [0.2, 0.25) is 5.02 Å². The van der Waals surface area contributed by atoms with Gasteiger partial charge in [-0.2, -0.15) is 0 Å². The fourth-order valence-corrected chi connectivity index (χ4v) is 3.46. The van der Waals surface area contributed by atoms with Gasteiger partial charge in [0, 0.05) is 11.1 Å². The molecule has 0 radical (unpaired) electrons. The lowest BCUT2D eigenvalue weighted by atomic mass is 10.1. The lowest BCUT2D eigenvalue weighted by molar-refractivity contribution is 0.340. The quantitative estimate of drug-likeness (QED) is 0.871. The Labute approximate surface area is 136 Å². The molecule has 0 unspecified atom stereocenters. The van der Waals surface area contributed by atoms with Crippen molar-refractivity contribution in [2.45, 2.75) is 24.8 Å². The van der Waals surface area contributed by atoms with Gasteiger partial charge in [-0.3, -0.25) is 0 Å². The molecule has 118 valence electrons. The van der Waals surface area contributed by atoms with Gasteiger partial charge in [0.25, 0.3) is 0 Å². The molecule has 2 rings (SSSR count). The monoisotopic (exact) mass is 339 g/mol. The maximum atomic E-state index is 12.4. The third-order valence-electron chi connectivity index (χ3n) is 3.13. The van der Waals surface area contributed by atoms with Gasteiger partial charge in [-0.05, 0) is 55.8 Å². The number of hydrogen-bond donors (Lipinski definition) is 1. The summed E-state index contributed by atoms with van der Waals surface area (Å²) in [7, 11) is -3.60. The van der Waals surface area contributed by atoms with Crippen LogP contribution in [0.4, 0.5) is 0 Å². The van der Waals surface area contributed by atoms with Crippen molar-refractivity contribution in [3.05, 3.63) is 59.1 Å². The molecule has 0 aromatic heterocycles. The van der Waals surface area contributed by atoms with E-state index >= 15 is 0 Å². The first-order valence-corrected chi connectivity index (χ1v) is 8.79. The molecule has 0 saturated carbocycles. The van der Waals surface area contributed by atoms with Crippen molar-refractivity contribution < 1.29 is 13.2 Å². The number of halogens is 1. The summed E-state index contributed by atoms with van der Waals surface area (Å²) < 4.78 is 32.7. The van der Waals surface area contributed by atoms with Crippen LogP contribution in [0.25, 0.3) is 0 Å². The SMILES string of the molecule is CCOc1ccc(S(=O)(=O)N[C@@H](C)c2cccc(Cl)c2)cc1. The van der Waals surface area contributed by atoms with Crippen LogP contribution in [-0.4, -0.2) is 15.0 Å². The molecule has 4 nitrogen and oxygen atoms in total. The summed E-state index contributed by atoms with van der Waals surface area (Å²) in [5.41, 5.74) is 0.807. The number of hydrogen-bond acceptors (Lipinski definition) is 3.